The van der Waals surface area contributed by atoms with Gasteiger partial charge in [-0.1, -0.05) is 23.2 Å². The van der Waals surface area contributed by atoms with E-state index in [1.807, 2.05) is 0 Å². The minimum Gasteiger partial charge on any atom is -0.478 e. The number of halogens is 2. The van der Waals surface area contributed by atoms with E-state index in [0.717, 1.165) is 0 Å². The van der Waals surface area contributed by atoms with Gasteiger partial charge in [-0.25, -0.2) is 9.59 Å². The van der Waals surface area contributed by atoms with Crippen molar-refractivity contribution in [2.75, 3.05) is 10.6 Å². The van der Waals surface area contributed by atoms with Crippen molar-refractivity contribution in [2.24, 2.45) is 0 Å². The van der Waals surface area contributed by atoms with Gasteiger partial charge < -0.3 is 15.7 Å². The van der Waals surface area contributed by atoms with Crippen LogP contribution < -0.4 is 10.6 Å². The molecular weight excluding hydrogens is 323 g/mol. The predicted molar refractivity (Wildman–Crippen MR) is 80.4 cm³/mol. The lowest BCUT2D eigenvalue weighted by Crippen LogP contribution is -2.21. The molecule has 0 atom stereocenters. The Morgan fingerprint density at radius 3 is 2.55 bits per heavy atom. The molecule has 0 radical (unpaired) electrons. The number of anilines is 2. The lowest BCUT2D eigenvalue weighted by Gasteiger charge is -2.11. The molecule has 0 fully saturated rings. The Balaban J connectivity index is 2.24. The molecule has 20 heavy (non-hydrogen) atoms. The standard InChI is InChI=1S/C12H8Cl2N2O3S/c13-6-3-8(11(17)18)10(9(14)4-6)16-12(19)15-7-1-2-20-5-7/h1-5H,(H,17,18)(H2,15,16,19). The van der Waals surface area contributed by atoms with Gasteiger partial charge in [0.15, 0.2) is 0 Å². The Labute approximate surface area is 128 Å². The van der Waals surface area contributed by atoms with Crippen molar-refractivity contribution in [3.05, 3.63) is 44.6 Å². The fourth-order valence-electron chi connectivity index (χ4n) is 1.48. The fourth-order valence-corrected chi connectivity index (χ4v) is 2.61. The topological polar surface area (TPSA) is 78.4 Å². The second kappa shape index (κ2) is 6.13. The van der Waals surface area contributed by atoms with E-state index >= 15 is 0 Å². The second-order valence-electron chi connectivity index (χ2n) is 3.71. The van der Waals surface area contributed by atoms with Gasteiger partial charge >= 0.3 is 12.0 Å². The first-order valence-electron chi connectivity index (χ1n) is 5.30. The smallest absolute Gasteiger partial charge is 0.337 e. The van der Waals surface area contributed by atoms with E-state index in [0.29, 0.717) is 5.69 Å². The number of carbonyl (C=O) groups excluding carboxylic acids is 1. The first kappa shape index (κ1) is 14.6. The van der Waals surface area contributed by atoms with Gasteiger partial charge in [0.1, 0.15) is 0 Å². The number of hydrogen-bond donors (Lipinski definition) is 3. The van der Waals surface area contributed by atoms with Gasteiger partial charge in [0, 0.05) is 10.4 Å². The summed E-state index contributed by atoms with van der Waals surface area (Å²) in [6.07, 6.45) is 0. The van der Waals surface area contributed by atoms with Crippen LogP contribution in [0.25, 0.3) is 0 Å². The summed E-state index contributed by atoms with van der Waals surface area (Å²) in [6, 6.07) is 3.70. The maximum Gasteiger partial charge on any atom is 0.337 e. The van der Waals surface area contributed by atoms with Gasteiger partial charge in [0.05, 0.1) is 22.0 Å². The highest BCUT2D eigenvalue weighted by Gasteiger charge is 2.17. The van der Waals surface area contributed by atoms with Crippen LogP contribution in [-0.4, -0.2) is 17.1 Å². The fraction of sp³-hybridized carbons (Fsp3) is 0. The first-order chi connectivity index (χ1) is 9.47. The van der Waals surface area contributed by atoms with Crippen molar-refractivity contribution in [1.82, 2.24) is 0 Å². The third-order valence-corrected chi connectivity index (χ3v) is 3.50. The molecule has 3 N–H and O–H groups in total. The molecular formula is C12H8Cl2N2O3S. The maximum atomic E-state index is 11.8. The molecule has 0 bridgehead atoms. The molecule has 104 valence electrons. The monoisotopic (exact) mass is 330 g/mol. The largest absolute Gasteiger partial charge is 0.478 e. The van der Waals surface area contributed by atoms with Gasteiger partial charge in [-0.15, -0.1) is 0 Å². The zero-order valence-electron chi connectivity index (χ0n) is 9.81. The van der Waals surface area contributed by atoms with E-state index < -0.39 is 12.0 Å². The lowest BCUT2D eigenvalue weighted by molar-refractivity contribution is 0.0698. The molecule has 2 aromatic rings. The number of thiophene rings is 1. The number of benzene rings is 1. The molecule has 0 saturated heterocycles. The van der Waals surface area contributed by atoms with Crippen LogP contribution in [0.4, 0.5) is 16.2 Å². The van der Waals surface area contributed by atoms with Crippen molar-refractivity contribution in [2.45, 2.75) is 0 Å². The van der Waals surface area contributed by atoms with Crippen molar-refractivity contribution >= 4 is 57.9 Å². The average molecular weight is 331 g/mol. The van der Waals surface area contributed by atoms with Crippen molar-refractivity contribution in [3.8, 4) is 0 Å². The van der Waals surface area contributed by atoms with Crippen LogP contribution in [0.3, 0.4) is 0 Å². The summed E-state index contributed by atoms with van der Waals surface area (Å²) < 4.78 is 0. The molecule has 2 rings (SSSR count). The molecule has 0 aliphatic heterocycles. The molecule has 2 amide bonds. The molecule has 0 aliphatic carbocycles. The summed E-state index contributed by atoms with van der Waals surface area (Å²) in [5.74, 6) is -1.24. The van der Waals surface area contributed by atoms with Crippen LogP contribution >= 0.6 is 34.5 Å². The Bertz CT molecular complexity index is 659. The molecule has 1 aromatic heterocycles. The zero-order chi connectivity index (χ0) is 14.7. The van der Waals surface area contributed by atoms with E-state index in [9.17, 15) is 9.59 Å². The summed E-state index contributed by atoms with van der Waals surface area (Å²) in [5, 5.41) is 17.8. The third kappa shape index (κ3) is 3.41. The van der Waals surface area contributed by atoms with Gasteiger partial charge in [-0.2, -0.15) is 11.3 Å². The van der Waals surface area contributed by atoms with Crippen LogP contribution in [0, 0.1) is 0 Å². The highest BCUT2D eigenvalue weighted by Crippen LogP contribution is 2.30. The third-order valence-electron chi connectivity index (χ3n) is 2.30. The molecule has 8 heteroatoms. The SMILES string of the molecule is O=C(Nc1ccsc1)Nc1c(Cl)cc(Cl)cc1C(=O)O. The second-order valence-corrected chi connectivity index (χ2v) is 5.33. The lowest BCUT2D eigenvalue weighted by atomic mass is 10.2. The van der Waals surface area contributed by atoms with Crippen molar-refractivity contribution in [1.29, 1.82) is 0 Å². The van der Waals surface area contributed by atoms with Crippen molar-refractivity contribution in [3.63, 3.8) is 0 Å². The van der Waals surface area contributed by atoms with Gasteiger partial charge in [0.25, 0.3) is 0 Å². The van der Waals surface area contributed by atoms with Gasteiger partial charge in [-0.05, 0) is 23.6 Å². The van der Waals surface area contributed by atoms with Gasteiger partial charge in [-0.3, -0.25) is 0 Å². The van der Waals surface area contributed by atoms with Gasteiger partial charge in [0.2, 0.25) is 0 Å². The molecule has 5 nitrogen and oxygen atoms in total. The number of nitrogens with one attached hydrogen (secondary N) is 2. The molecule has 1 heterocycles. The Hall–Kier alpha value is -1.76. The Morgan fingerprint density at radius 2 is 1.95 bits per heavy atom. The van der Waals surface area contributed by atoms with Crippen LogP contribution in [0.15, 0.2) is 29.0 Å². The number of carbonyl (C=O) groups is 2. The number of aromatic carboxylic acids is 1. The summed E-state index contributed by atoms with van der Waals surface area (Å²) in [5.41, 5.74) is 0.425. The Morgan fingerprint density at radius 1 is 1.20 bits per heavy atom. The maximum absolute atomic E-state index is 11.8. The van der Waals surface area contributed by atoms with Crippen molar-refractivity contribution < 1.29 is 14.7 Å². The summed E-state index contributed by atoms with van der Waals surface area (Å²) in [6.45, 7) is 0. The van der Waals surface area contributed by atoms with Crippen LogP contribution in [0.2, 0.25) is 10.0 Å². The van der Waals surface area contributed by atoms with Crippen LogP contribution in [-0.2, 0) is 0 Å². The van der Waals surface area contributed by atoms with E-state index in [1.165, 1.54) is 23.5 Å². The normalized spacial score (nSPS) is 10.1. The van der Waals surface area contributed by atoms with Crippen LogP contribution in [0.1, 0.15) is 10.4 Å². The van der Waals surface area contributed by atoms with E-state index in [2.05, 4.69) is 10.6 Å². The number of hydrogen-bond acceptors (Lipinski definition) is 3. The quantitative estimate of drug-likeness (QED) is 0.780. The summed E-state index contributed by atoms with van der Waals surface area (Å²) >= 11 is 13.1. The summed E-state index contributed by atoms with van der Waals surface area (Å²) in [4.78, 5) is 22.9. The number of amides is 2. The molecule has 0 unspecified atom stereocenters. The number of carboxylic acid groups (broad SMARTS) is 1. The van der Waals surface area contributed by atoms with E-state index in [4.69, 9.17) is 28.3 Å². The zero-order valence-corrected chi connectivity index (χ0v) is 12.1. The summed E-state index contributed by atoms with van der Waals surface area (Å²) in [7, 11) is 0. The number of carboxylic acids is 1. The molecule has 0 aliphatic rings. The highest BCUT2D eigenvalue weighted by molar-refractivity contribution is 7.08. The number of urea groups is 1. The van der Waals surface area contributed by atoms with E-state index in [1.54, 1.807) is 16.8 Å². The minimum absolute atomic E-state index is 0.00343. The highest BCUT2D eigenvalue weighted by atomic mass is 35.5. The average Bonchev–Trinajstić information content (AvgIpc) is 2.84. The molecule has 1 aromatic carbocycles. The molecule has 0 saturated carbocycles. The number of rotatable bonds is 3. The van der Waals surface area contributed by atoms with E-state index in [-0.39, 0.29) is 21.3 Å². The molecule has 0 spiro atoms. The van der Waals surface area contributed by atoms with Crippen LogP contribution in [0.5, 0.6) is 0 Å². The Kier molecular flexibility index (Phi) is 4.49. The first-order valence-corrected chi connectivity index (χ1v) is 7.00. The minimum atomic E-state index is -1.24. The predicted octanol–water partition coefficient (Wildman–Crippen LogP) is 4.40.